The fourth-order valence-electron chi connectivity index (χ4n) is 3.11. The number of benzene rings is 2. The van der Waals surface area contributed by atoms with Crippen LogP contribution in [0.4, 0.5) is 4.79 Å². The third kappa shape index (κ3) is 4.83. The van der Waals surface area contributed by atoms with Gasteiger partial charge in [0.1, 0.15) is 0 Å². The van der Waals surface area contributed by atoms with E-state index in [0.29, 0.717) is 10.6 Å². The Kier molecular flexibility index (Phi) is 6.48. The molecule has 7 nitrogen and oxygen atoms in total. The number of hydrogen-bond acceptors (Lipinski definition) is 5. The maximum Gasteiger partial charge on any atom is 0.338 e. The van der Waals surface area contributed by atoms with E-state index < -0.39 is 33.6 Å². The van der Waals surface area contributed by atoms with Crippen LogP contribution in [0.15, 0.2) is 64.7 Å². The number of ether oxygens (including phenoxy) is 1. The summed E-state index contributed by atoms with van der Waals surface area (Å²) in [6, 6.07) is 11.5. The Labute approximate surface area is 180 Å². The predicted octanol–water partition coefficient (Wildman–Crippen LogP) is 3.29. The smallest absolute Gasteiger partial charge is 0.338 e. The standard InChI is InChI=1S/C21H21ClN2O5S/c1-3-29-20(25)18-17(12-30(27,28)16-10-8-15(22)9-11-16)23-21(26)24-19(18)14-6-4-13(2)5-7-14/h4-11,19H,3,12H2,1-2H3,(H2,23,24,26). The molecule has 0 aromatic heterocycles. The number of halogens is 1. The normalized spacial score (nSPS) is 16.6. The van der Waals surface area contributed by atoms with Crippen molar-refractivity contribution in [2.24, 2.45) is 0 Å². The highest BCUT2D eigenvalue weighted by Gasteiger charge is 2.35. The molecule has 2 aromatic rings. The van der Waals surface area contributed by atoms with Gasteiger partial charge >= 0.3 is 12.0 Å². The zero-order chi connectivity index (χ0) is 21.9. The largest absolute Gasteiger partial charge is 0.463 e. The van der Waals surface area contributed by atoms with Gasteiger partial charge in [0.2, 0.25) is 0 Å². The Balaban J connectivity index is 2.08. The fraction of sp³-hybridized carbons (Fsp3) is 0.238. The molecule has 2 aromatic carbocycles. The lowest BCUT2D eigenvalue weighted by Crippen LogP contribution is -2.47. The highest BCUT2D eigenvalue weighted by Crippen LogP contribution is 2.29. The van der Waals surface area contributed by atoms with E-state index in [1.165, 1.54) is 24.3 Å². The van der Waals surface area contributed by atoms with Crippen molar-refractivity contribution in [3.05, 3.63) is 76.0 Å². The van der Waals surface area contributed by atoms with E-state index in [1.54, 1.807) is 19.1 Å². The van der Waals surface area contributed by atoms with E-state index in [1.807, 2.05) is 19.1 Å². The van der Waals surface area contributed by atoms with Crippen molar-refractivity contribution in [2.75, 3.05) is 12.4 Å². The third-order valence-corrected chi connectivity index (χ3v) is 6.48. The number of rotatable bonds is 6. The van der Waals surface area contributed by atoms with Crippen LogP contribution in [0, 0.1) is 6.92 Å². The minimum absolute atomic E-state index is 0.0160. The van der Waals surface area contributed by atoms with Gasteiger partial charge in [-0.3, -0.25) is 0 Å². The second-order valence-corrected chi connectivity index (χ2v) is 9.19. The topological polar surface area (TPSA) is 102 Å². The summed E-state index contributed by atoms with van der Waals surface area (Å²) in [4.78, 5) is 25.1. The summed E-state index contributed by atoms with van der Waals surface area (Å²) in [5, 5.41) is 5.56. The second kappa shape index (κ2) is 8.89. The van der Waals surface area contributed by atoms with Crippen LogP contribution < -0.4 is 10.6 Å². The molecule has 1 unspecified atom stereocenters. The maximum atomic E-state index is 12.9. The van der Waals surface area contributed by atoms with E-state index >= 15 is 0 Å². The van der Waals surface area contributed by atoms with Crippen molar-refractivity contribution < 1.29 is 22.7 Å². The highest BCUT2D eigenvalue weighted by atomic mass is 35.5. The Hall–Kier alpha value is -2.84. The molecule has 0 saturated carbocycles. The minimum atomic E-state index is -3.86. The molecule has 0 fully saturated rings. The van der Waals surface area contributed by atoms with Crippen molar-refractivity contribution in [3.63, 3.8) is 0 Å². The number of amides is 2. The van der Waals surface area contributed by atoms with Crippen LogP contribution in [0.3, 0.4) is 0 Å². The van der Waals surface area contributed by atoms with E-state index in [9.17, 15) is 18.0 Å². The first-order valence-electron chi connectivity index (χ1n) is 9.24. The lowest BCUT2D eigenvalue weighted by Gasteiger charge is -2.29. The first kappa shape index (κ1) is 21.9. The Morgan fingerprint density at radius 3 is 2.33 bits per heavy atom. The summed E-state index contributed by atoms with van der Waals surface area (Å²) in [7, 11) is -3.86. The van der Waals surface area contributed by atoms with Gasteiger partial charge in [-0.2, -0.15) is 0 Å². The van der Waals surface area contributed by atoms with Gasteiger partial charge in [-0.05, 0) is 43.7 Å². The maximum absolute atomic E-state index is 12.9. The number of esters is 1. The van der Waals surface area contributed by atoms with Crippen molar-refractivity contribution in [3.8, 4) is 0 Å². The van der Waals surface area contributed by atoms with Gasteiger partial charge in [-0.15, -0.1) is 0 Å². The Morgan fingerprint density at radius 1 is 1.10 bits per heavy atom. The number of hydrogen-bond donors (Lipinski definition) is 2. The quantitative estimate of drug-likeness (QED) is 0.660. The zero-order valence-corrected chi connectivity index (χ0v) is 18.0. The first-order chi connectivity index (χ1) is 14.2. The summed E-state index contributed by atoms with van der Waals surface area (Å²) in [5.41, 5.74) is 1.68. The van der Waals surface area contributed by atoms with Gasteiger partial charge in [0.05, 0.1) is 28.9 Å². The van der Waals surface area contributed by atoms with Crippen molar-refractivity contribution in [1.29, 1.82) is 0 Å². The van der Waals surface area contributed by atoms with E-state index in [4.69, 9.17) is 16.3 Å². The Bertz CT molecular complexity index is 1090. The van der Waals surface area contributed by atoms with Crippen LogP contribution in [-0.2, 0) is 19.4 Å². The molecule has 1 aliphatic heterocycles. The minimum Gasteiger partial charge on any atom is -0.463 e. The van der Waals surface area contributed by atoms with Gasteiger partial charge in [0.25, 0.3) is 0 Å². The number of carbonyl (C=O) groups excluding carboxylic acids is 2. The molecule has 1 aliphatic rings. The molecular formula is C21H21ClN2O5S. The molecule has 158 valence electrons. The molecule has 1 heterocycles. The van der Waals surface area contributed by atoms with Gasteiger partial charge in [0.15, 0.2) is 9.84 Å². The van der Waals surface area contributed by atoms with Crippen LogP contribution in [0.5, 0.6) is 0 Å². The predicted molar refractivity (Wildman–Crippen MR) is 113 cm³/mol. The lowest BCUT2D eigenvalue weighted by molar-refractivity contribution is -0.139. The molecule has 9 heteroatoms. The molecule has 0 spiro atoms. The van der Waals surface area contributed by atoms with Crippen molar-refractivity contribution in [2.45, 2.75) is 24.8 Å². The van der Waals surface area contributed by atoms with Gasteiger partial charge in [-0.1, -0.05) is 41.4 Å². The Morgan fingerprint density at radius 2 is 1.73 bits per heavy atom. The second-order valence-electron chi connectivity index (χ2n) is 6.77. The SMILES string of the molecule is CCOC(=O)C1=C(CS(=O)(=O)c2ccc(Cl)cc2)NC(=O)NC1c1ccc(C)cc1. The summed E-state index contributed by atoms with van der Waals surface area (Å²) < 4.78 is 31.0. The highest BCUT2D eigenvalue weighted by molar-refractivity contribution is 7.91. The van der Waals surface area contributed by atoms with E-state index in [2.05, 4.69) is 10.6 Å². The number of urea groups is 1. The molecule has 3 rings (SSSR count). The van der Waals surface area contributed by atoms with Crippen LogP contribution in [-0.4, -0.2) is 32.8 Å². The van der Waals surface area contributed by atoms with Crippen LogP contribution >= 0.6 is 11.6 Å². The lowest BCUT2D eigenvalue weighted by atomic mass is 9.95. The monoisotopic (exact) mass is 448 g/mol. The first-order valence-corrected chi connectivity index (χ1v) is 11.3. The van der Waals surface area contributed by atoms with Gasteiger partial charge in [0, 0.05) is 10.7 Å². The average Bonchev–Trinajstić information content (AvgIpc) is 2.68. The molecule has 0 saturated heterocycles. The average molecular weight is 449 g/mol. The zero-order valence-electron chi connectivity index (χ0n) is 16.4. The third-order valence-electron chi connectivity index (χ3n) is 4.57. The van der Waals surface area contributed by atoms with Crippen LogP contribution in [0.1, 0.15) is 24.1 Å². The molecule has 30 heavy (non-hydrogen) atoms. The number of aryl methyl sites for hydroxylation is 1. The number of nitrogens with one attached hydrogen (secondary N) is 2. The van der Waals surface area contributed by atoms with Crippen molar-refractivity contribution >= 4 is 33.4 Å². The van der Waals surface area contributed by atoms with Gasteiger partial charge < -0.3 is 15.4 Å². The molecule has 1 atom stereocenters. The number of sulfone groups is 1. The van der Waals surface area contributed by atoms with Crippen molar-refractivity contribution in [1.82, 2.24) is 10.6 Å². The number of carbonyl (C=O) groups is 2. The van der Waals surface area contributed by atoms with Crippen LogP contribution in [0.2, 0.25) is 5.02 Å². The molecule has 0 radical (unpaired) electrons. The summed E-state index contributed by atoms with van der Waals surface area (Å²) in [6.45, 7) is 3.67. The van der Waals surface area contributed by atoms with Gasteiger partial charge in [-0.25, -0.2) is 18.0 Å². The molecule has 2 N–H and O–H groups in total. The summed E-state index contributed by atoms with van der Waals surface area (Å²) in [6.07, 6.45) is 0. The fourth-order valence-corrected chi connectivity index (χ4v) is 4.56. The molecule has 0 aliphatic carbocycles. The van der Waals surface area contributed by atoms with E-state index in [-0.39, 0.29) is 22.8 Å². The summed E-state index contributed by atoms with van der Waals surface area (Å²) >= 11 is 5.84. The molecular weight excluding hydrogens is 428 g/mol. The van der Waals surface area contributed by atoms with E-state index in [0.717, 1.165) is 5.56 Å². The molecule has 2 amide bonds. The molecule has 0 bridgehead atoms. The summed E-state index contributed by atoms with van der Waals surface area (Å²) in [5.74, 6) is -1.27. The van der Waals surface area contributed by atoms with Crippen LogP contribution in [0.25, 0.3) is 0 Å².